The Hall–Kier alpha value is -2.12. The highest BCUT2D eigenvalue weighted by Crippen LogP contribution is 2.39. The van der Waals surface area contributed by atoms with Crippen LogP contribution in [0.5, 0.6) is 5.75 Å². The van der Waals surface area contributed by atoms with Crippen molar-refractivity contribution < 1.29 is 9.53 Å². The topological polar surface area (TPSA) is 95.1 Å². The zero-order valence-electron chi connectivity index (χ0n) is 16.2. The van der Waals surface area contributed by atoms with Gasteiger partial charge in [0.2, 0.25) is 0 Å². The number of rotatable bonds is 7. The molecule has 27 heavy (non-hydrogen) atoms. The lowest BCUT2D eigenvalue weighted by molar-refractivity contribution is 0.0892. The fourth-order valence-electron chi connectivity index (χ4n) is 3.08. The molecule has 7 nitrogen and oxygen atoms in total. The third-order valence-corrected chi connectivity index (χ3v) is 4.86. The minimum Gasteiger partial charge on any atom is -0.491 e. The molecule has 1 aliphatic carbocycles. The number of nitrogens with zero attached hydrogens (tertiary/aromatic N) is 3. The molecule has 0 spiro atoms. The van der Waals surface area contributed by atoms with Crippen LogP contribution in [0, 0.1) is 12.8 Å². The minimum absolute atomic E-state index is 0. The molecule has 2 aromatic rings. The number of nitrogens with one attached hydrogen (secondary N) is 1. The summed E-state index contributed by atoms with van der Waals surface area (Å²) in [5, 5.41) is 11.3. The number of carbonyl (C=O) groups is 1. The first-order valence-electron chi connectivity index (χ1n) is 9.06. The van der Waals surface area contributed by atoms with Gasteiger partial charge in [-0.1, -0.05) is 5.21 Å². The van der Waals surface area contributed by atoms with Crippen molar-refractivity contribution in [1.29, 1.82) is 0 Å². The van der Waals surface area contributed by atoms with E-state index in [-0.39, 0.29) is 30.0 Å². The van der Waals surface area contributed by atoms with Crippen LogP contribution in [-0.2, 0) is 0 Å². The summed E-state index contributed by atoms with van der Waals surface area (Å²) in [4.78, 5) is 12.7. The van der Waals surface area contributed by atoms with E-state index in [4.69, 9.17) is 10.5 Å². The van der Waals surface area contributed by atoms with Gasteiger partial charge < -0.3 is 15.8 Å². The average Bonchev–Trinajstić information content (AvgIpc) is 3.38. The summed E-state index contributed by atoms with van der Waals surface area (Å²) in [5.74, 6) is 1.01. The van der Waals surface area contributed by atoms with Gasteiger partial charge in [0.1, 0.15) is 5.75 Å². The first-order chi connectivity index (χ1) is 12.3. The van der Waals surface area contributed by atoms with E-state index in [1.165, 1.54) is 0 Å². The Morgan fingerprint density at radius 2 is 2.00 bits per heavy atom. The number of halogens is 1. The van der Waals surface area contributed by atoms with E-state index in [2.05, 4.69) is 15.6 Å². The molecular formula is C19H28ClN5O2. The lowest BCUT2D eigenvalue weighted by Gasteiger charge is -2.29. The summed E-state index contributed by atoms with van der Waals surface area (Å²) in [6, 6.07) is 7.56. The smallest absolute Gasteiger partial charge is 0.274 e. The zero-order chi connectivity index (χ0) is 18.9. The fourth-order valence-corrected chi connectivity index (χ4v) is 3.08. The van der Waals surface area contributed by atoms with Gasteiger partial charge in [0.05, 0.1) is 23.0 Å². The molecular weight excluding hydrogens is 366 g/mol. The van der Waals surface area contributed by atoms with E-state index < -0.39 is 0 Å². The van der Waals surface area contributed by atoms with Crippen molar-refractivity contribution >= 4 is 18.3 Å². The maximum absolute atomic E-state index is 12.7. The van der Waals surface area contributed by atoms with Crippen molar-refractivity contribution in [3.05, 3.63) is 35.7 Å². The van der Waals surface area contributed by atoms with Crippen molar-refractivity contribution in [3.63, 3.8) is 0 Å². The van der Waals surface area contributed by atoms with Crippen molar-refractivity contribution in [3.8, 4) is 11.4 Å². The summed E-state index contributed by atoms with van der Waals surface area (Å²) < 4.78 is 7.31. The lowest BCUT2D eigenvalue weighted by atomic mass is 9.95. The van der Waals surface area contributed by atoms with E-state index in [1.807, 2.05) is 52.0 Å². The summed E-state index contributed by atoms with van der Waals surface area (Å²) in [6.45, 7) is 8.21. The molecule has 0 aliphatic heterocycles. The predicted octanol–water partition coefficient (Wildman–Crippen LogP) is 2.64. The highest BCUT2D eigenvalue weighted by atomic mass is 35.5. The number of benzene rings is 1. The second-order valence-corrected chi connectivity index (χ2v) is 7.45. The predicted molar refractivity (Wildman–Crippen MR) is 107 cm³/mol. The van der Waals surface area contributed by atoms with Crippen LogP contribution in [0.1, 0.15) is 49.8 Å². The summed E-state index contributed by atoms with van der Waals surface area (Å²) >= 11 is 0. The fraction of sp³-hybridized carbons (Fsp3) is 0.526. The molecule has 8 heteroatoms. The van der Waals surface area contributed by atoms with Gasteiger partial charge >= 0.3 is 0 Å². The van der Waals surface area contributed by atoms with Gasteiger partial charge in [-0.05, 0) is 70.7 Å². The Balaban J connectivity index is 0.00000261. The molecule has 148 valence electrons. The van der Waals surface area contributed by atoms with Crippen LogP contribution in [0.4, 0.5) is 0 Å². The molecule has 1 saturated carbocycles. The third-order valence-electron chi connectivity index (χ3n) is 4.86. The molecule has 3 rings (SSSR count). The van der Waals surface area contributed by atoms with Crippen LogP contribution in [0.15, 0.2) is 24.3 Å². The van der Waals surface area contributed by atoms with Gasteiger partial charge in [-0.15, -0.1) is 17.5 Å². The van der Waals surface area contributed by atoms with Crippen LogP contribution in [0.3, 0.4) is 0 Å². The molecule has 0 saturated heterocycles. The van der Waals surface area contributed by atoms with E-state index in [0.29, 0.717) is 23.9 Å². The second kappa shape index (κ2) is 8.27. The normalized spacial score (nSPS) is 15.8. The maximum Gasteiger partial charge on any atom is 0.274 e. The molecule has 1 amide bonds. The van der Waals surface area contributed by atoms with Crippen LogP contribution in [0.25, 0.3) is 5.69 Å². The average molecular weight is 394 g/mol. The molecule has 0 radical (unpaired) electrons. The Morgan fingerprint density at radius 3 is 2.52 bits per heavy atom. The monoisotopic (exact) mass is 393 g/mol. The highest BCUT2D eigenvalue weighted by Gasteiger charge is 2.42. The first-order valence-corrected chi connectivity index (χ1v) is 9.06. The van der Waals surface area contributed by atoms with Gasteiger partial charge in [-0.3, -0.25) is 4.79 Å². The van der Waals surface area contributed by atoms with Crippen molar-refractivity contribution in [2.24, 2.45) is 11.7 Å². The van der Waals surface area contributed by atoms with E-state index in [0.717, 1.165) is 24.3 Å². The van der Waals surface area contributed by atoms with Crippen molar-refractivity contribution in [2.75, 3.05) is 6.54 Å². The van der Waals surface area contributed by atoms with Crippen LogP contribution < -0.4 is 15.8 Å². The number of amides is 1. The number of hydrogen-bond acceptors (Lipinski definition) is 5. The molecule has 1 aromatic heterocycles. The van der Waals surface area contributed by atoms with Gasteiger partial charge in [-0.2, -0.15) is 0 Å². The quantitative estimate of drug-likeness (QED) is 0.753. The van der Waals surface area contributed by atoms with Gasteiger partial charge in [0.15, 0.2) is 5.69 Å². The molecule has 1 fully saturated rings. The number of ether oxygens (including phenoxy) is 1. The molecule has 0 bridgehead atoms. The zero-order valence-corrected chi connectivity index (χ0v) is 17.0. The number of nitrogens with two attached hydrogens (primary N) is 1. The lowest BCUT2D eigenvalue weighted by Crippen LogP contribution is -2.53. The van der Waals surface area contributed by atoms with Crippen molar-refractivity contribution in [1.82, 2.24) is 20.3 Å². The van der Waals surface area contributed by atoms with Crippen molar-refractivity contribution in [2.45, 2.75) is 52.2 Å². The summed E-state index contributed by atoms with van der Waals surface area (Å²) in [5.41, 5.74) is 7.35. The van der Waals surface area contributed by atoms with Gasteiger partial charge in [0.25, 0.3) is 5.91 Å². The van der Waals surface area contributed by atoms with E-state index >= 15 is 0 Å². The molecule has 1 aliphatic rings. The van der Waals surface area contributed by atoms with Crippen LogP contribution in [0.2, 0.25) is 0 Å². The standard InChI is InChI=1S/C19H27N5O2.ClH/c1-12(2)26-16-9-7-15(8-10-16)24-13(3)17(22-23-24)18(25)21-19(4,11-20)14-5-6-14;/h7-10,12,14H,5-6,11,20H2,1-4H3,(H,21,25);1H. The van der Waals surface area contributed by atoms with E-state index in [1.54, 1.807) is 4.68 Å². The SMILES string of the molecule is Cc1c(C(=O)NC(C)(CN)C2CC2)nnn1-c1ccc(OC(C)C)cc1.Cl. The third kappa shape index (κ3) is 4.59. The molecule has 1 aromatic carbocycles. The Bertz CT molecular complexity index is 786. The van der Waals surface area contributed by atoms with E-state index in [9.17, 15) is 4.79 Å². The second-order valence-electron chi connectivity index (χ2n) is 7.45. The summed E-state index contributed by atoms with van der Waals surface area (Å²) in [7, 11) is 0. The molecule has 1 heterocycles. The minimum atomic E-state index is -0.386. The van der Waals surface area contributed by atoms with Crippen LogP contribution in [-0.4, -0.2) is 39.1 Å². The number of carbonyl (C=O) groups excluding carboxylic acids is 1. The maximum atomic E-state index is 12.7. The Labute approximate surface area is 166 Å². The Kier molecular flexibility index (Phi) is 6.49. The largest absolute Gasteiger partial charge is 0.491 e. The van der Waals surface area contributed by atoms with Gasteiger partial charge in [-0.25, -0.2) is 4.68 Å². The molecule has 3 N–H and O–H groups in total. The van der Waals surface area contributed by atoms with Gasteiger partial charge in [0, 0.05) is 6.54 Å². The number of aromatic nitrogens is 3. The Morgan fingerprint density at radius 1 is 1.37 bits per heavy atom. The first kappa shape index (κ1) is 21.2. The summed E-state index contributed by atoms with van der Waals surface area (Å²) in [6.07, 6.45) is 2.32. The van der Waals surface area contributed by atoms with Crippen LogP contribution >= 0.6 is 12.4 Å². The number of hydrogen-bond donors (Lipinski definition) is 2. The molecule has 1 atom stereocenters. The highest BCUT2D eigenvalue weighted by molar-refractivity contribution is 5.93. The molecule has 1 unspecified atom stereocenters.